The van der Waals surface area contributed by atoms with Gasteiger partial charge in [-0.1, -0.05) is 30.3 Å². The summed E-state index contributed by atoms with van der Waals surface area (Å²) in [6, 6.07) is 12.6. The molecule has 1 aromatic heterocycles. The van der Waals surface area contributed by atoms with Crippen molar-refractivity contribution in [3.05, 3.63) is 58.4 Å². The van der Waals surface area contributed by atoms with Crippen molar-refractivity contribution >= 4 is 33.8 Å². The molecule has 7 nitrogen and oxygen atoms in total. The minimum absolute atomic E-state index is 0.0145. The van der Waals surface area contributed by atoms with Crippen LogP contribution in [-0.2, 0) is 20.9 Å². The summed E-state index contributed by atoms with van der Waals surface area (Å²) in [6.07, 6.45) is -0.609. The molecule has 1 amide bonds. The third-order valence-corrected chi connectivity index (χ3v) is 4.10. The molecule has 3 aromatic rings. The highest BCUT2D eigenvalue weighted by Gasteiger charge is 2.16. The molecule has 0 aliphatic rings. The fourth-order valence-corrected chi connectivity index (χ4v) is 2.95. The molecule has 152 valence electrons. The third-order valence-electron chi connectivity index (χ3n) is 4.10. The largest absolute Gasteiger partial charge is 0.461 e. The number of amides is 1. The number of esters is 1. The second-order valence-electron chi connectivity index (χ2n) is 7.59. The van der Waals surface area contributed by atoms with E-state index in [-0.39, 0.29) is 19.6 Å². The van der Waals surface area contributed by atoms with Crippen molar-refractivity contribution in [3.63, 3.8) is 0 Å². The molecule has 7 heteroatoms. The first kappa shape index (κ1) is 20.4. The molecule has 0 aliphatic carbocycles. The number of rotatable bonds is 5. The SMILES string of the molecule is CC(C)(C)OC(=O)NCCC(=O)OCc1cc(=O)oc2ccc3ccccc3c12. The van der Waals surface area contributed by atoms with Crippen LogP contribution >= 0.6 is 0 Å². The number of carbonyl (C=O) groups is 2. The molecule has 0 saturated carbocycles. The number of fused-ring (bicyclic) bond motifs is 3. The van der Waals surface area contributed by atoms with Crippen LogP contribution in [0.4, 0.5) is 4.79 Å². The summed E-state index contributed by atoms with van der Waals surface area (Å²) in [4.78, 5) is 35.5. The van der Waals surface area contributed by atoms with Gasteiger partial charge in [-0.15, -0.1) is 0 Å². The van der Waals surface area contributed by atoms with E-state index in [9.17, 15) is 14.4 Å². The van der Waals surface area contributed by atoms with Gasteiger partial charge in [-0.05, 0) is 37.6 Å². The number of benzene rings is 2. The van der Waals surface area contributed by atoms with E-state index >= 15 is 0 Å². The predicted octanol–water partition coefficient (Wildman–Crippen LogP) is 3.90. The standard InChI is InChI=1S/C22H23NO6/c1-22(2,3)29-21(26)23-11-10-18(24)27-13-15-12-19(25)28-17-9-8-14-6-4-5-7-16(14)20(15)17/h4-9,12H,10-11,13H2,1-3H3,(H,23,26). The molecule has 1 N–H and O–H groups in total. The van der Waals surface area contributed by atoms with E-state index in [0.29, 0.717) is 11.1 Å². The maximum Gasteiger partial charge on any atom is 0.407 e. The highest BCUT2D eigenvalue weighted by atomic mass is 16.6. The quantitative estimate of drug-likeness (QED) is 0.399. The zero-order chi connectivity index (χ0) is 21.0. The minimum atomic E-state index is -0.608. The zero-order valence-corrected chi connectivity index (χ0v) is 16.6. The van der Waals surface area contributed by atoms with Gasteiger partial charge in [-0.2, -0.15) is 0 Å². The molecule has 0 radical (unpaired) electrons. The van der Waals surface area contributed by atoms with Gasteiger partial charge < -0.3 is 19.2 Å². The summed E-state index contributed by atoms with van der Waals surface area (Å²) in [7, 11) is 0. The molecule has 0 fully saturated rings. The Morgan fingerprint density at radius 1 is 1.10 bits per heavy atom. The number of carbonyl (C=O) groups excluding carboxylic acids is 2. The Labute approximate surface area is 167 Å². The van der Waals surface area contributed by atoms with Gasteiger partial charge in [0.15, 0.2) is 0 Å². The molecule has 3 rings (SSSR count). The summed E-state index contributed by atoms with van der Waals surface area (Å²) in [5, 5.41) is 5.14. The topological polar surface area (TPSA) is 94.8 Å². The summed E-state index contributed by atoms with van der Waals surface area (Å²) >= 11 is 0. The third kappa shape index (κ3) is 5.34. The Balaban J connectivity index is 1.67. The van der Waals surface area contributed by atoms with Crippen LogP contribution < -0.4 is 10.9 Å². The van der Waals surface area contributed by atoms with E-state index in [0.717, 1.165) is 16.2 Å². The number of hydrogen-bond donors (Lipinski definition) is 1. The first-order valence-electron chi connectivity index (χ1n) is 9.30. The van der Waals surface area contributed by atoms with Gasteiger partial charge in [0.25, 0.3) is 0 Å². The lowest BCUT2D eigenvalue weighted by Crippen LogP contribution is -2.33. The second-order valence-corrected chi connectivity index (χ2v) is 7.59. The van der Waals surface area contributed by atoms with Crippen molar-refractivity contribution in [2.24, 2.45) is 0 Å². The van der Waals surface area contributed by atoms with Gasteiger partial charge in [-0.3, -0.25) is 4.79 Å². The van der Waals surface area contributed by atoms with E-state index in [1.54, 1.807) is 26.8 Å². The van der Waals surface area contributed by atoms with Crippen molar-refractivity contribution in [1.82, 2.24) is 5.32 Å². The van der Waals surface area contributed by atoms with Crippen LogP contribution in [0.15, 0.2) is 51.7 Å². The lowest BCUT2D eigenvalue weighted by atomic mass is 10.0. The predicted molar refractivity (Wildman–Crippen MR) is 109 cm³/mol. The van der Waals surface area contributed by atoms with Crippen LogP contribution in [0.1, 0.15) is 32.8 Å². The van der Waals surface area contributed by atoms with Gasteiger partial charge in [-0.25, -0.2) is 9.59 Å². The molecular weight excluding hydrogens is 374 g/mol. The van der Waals surface area contributed by atoms with Gasteiger partial charge in [0.05, 0.1) is 6.42 Å². The monoisotopic (exact) mass is 397 g/mol. The molecule has 0 atom stereocenters. The molecule has 0 bridgehead atoms. The second kappa shape index (κ2) is 8.34. The summed E-state index contributed by atoms with van der Waals surface area (Å²) in [5.74, 6) is -0.498. The molecule has 0 saturated heterocycles. The average molecular weight is 397 g/mol. The molecule has 0 aliphatic heterocycles. The summed E-state index contributed by atoms with van der Waals surface area (Å²) in [5.41, 5.74) is -0.108. The highest BCUT2D eigenvalue weighted by molar-refractivity contribution is 6.07. The Morgan fingerprint density at radius 3 is 2.62 bits per heavy atom. The fraction of sp³-hybridized carbons (Fsp3) is 0.318. The molecule has 0 unspecified atom stereocenters. The number of hydrogen-bond acceptors (Lipinski definition) is 6. The number of alkyl carbamates (subject to hydrolysis) is 1. The smallest absolute Gasteiger partial charge is 0.407 e. The van der Waals surface area contributed by atoms with E-state index < -0.39 is 23.3 Å². The van der Waals surface area contributed by atoms with Crippen molar-refractivity contribution < 1.29 is 23.5 Å². The van der Waals surface area contributed by atoms with Crippen molar-refractivity contribution in [2.45, 2.75) is 39.4 Å². The van der Waals surface area contributed by atoms with Crippen LogP contribution in [0.3, 0.4) is 0 Å². The highest BCUT2D eigenvalue weighted by Crippen LogP contribution is 2.27. The Hall–Kier alpha value is -3.35. The fourth-order valence-electron chi connectivity index (χ4n) is 2.95. The normalized spacial score (nSPS) is 11.4. The van der Waals surface area contributed by atoms with E-state index in [4.69, 9.17) is 13.9 Å². The van der Waals surface area contributed by atoms with Crippen LogP contribution in [0, 0.1) is 0 Å². The molecule has 0 spiro atoms. The number of nitrogens with one attached hydrogen (secondary N) is 1. The lowest BCUT2D eigenvalue weighted by Gasteiger charge is -2.19. The van der Waals surface area contributed by atoms with Gasteiger partial charge in [0.2, 0.25) is 0 Å². The summed E-state index contributed by atoms with van der Waals surface area (Å²) < 4.78 is 15.7. The Bertz CT molecular complexity index is 1110. The Morgan fingerprint density at radius 2 is 1.86 bits per heavy atom. The molecule has 1 heterocycles. The van der Waals surface area contributed by atoms with E-state index in [1.807, 2.05) is 30.3 Å². The maximum atomic E-state index is 12.1. The first-order chi connectivity index (χ1) is 13.7. The molecule has 2 aromatic carbocycles. The lowest BCUT2D eigenvalue weighted by molar-refractivity contribution is -0.144. The van der Waals surface area contributed by atoms with Crippen molar-refractivity contribution in [1.29, 1.82) is 0 Å². The van der Waals surface area contributed by atoms with Crippen molar-refractivity contribution in [3.8, 4) is 0 Å². The van der Waals surface area contributed by atoms with Crippen molar-refractivity contribution in [2.75, 3.05) is 6.54 Å². The minimum Gasteiger partial charge on any atom is -0.461 e. The maximum absolute atomic E-state index is 12.1. The van der Waals surface area contributed by atoms with E-state index in [2.05, 4.69) is 5.32 Å². The molecular formula is C22H23NO6. The summed E-state index contributed by atoms with van der Waals surface area (Å²) in [6.45, 7) is 5.29. The van der Waals surface area contributed by atoms with Gasteiger partial charge in [0.1, 0.15) is 17.8 Å². The zero-order valence-electron chi connectivity index (χ0n) is 16.6. The van der Waals surface area contributed by atoms with Crippen LogP contribution in [0.5, 0.6) is 0 Å². The van der Waals surface area contributed by atoms with E-state index in [1.165, 1.54) is 6.07 Å². The van der Waals surface area contributed by atoms with Crippen LogP contribution in [0.25, 0.3) is 21.7 Å². The van der Waals surface area contributed by atoms with Gasteiger partial charge >= 0.3 is 17.7 Å². The average Bonchev–Trinajstić information content (AvgIpc) is 2.64. The molecule has 29 heavy (non-hydrogen) atoms. The van der Waals surface area contributed by atoms with Gasteiger partial charge in [0, 0.05) is 23.6 Å². The van der Waals surface area contributed by atoms with Crippen LogP contribution in [-0.4, -0.2) is 24.2 Å². The van der Waals surface area contributed by atoms with Crippen LogP contribution in [0.2, 0.25) is 0 Å². The Kier molecular flexibility index (Phi) is 5.87. The number of ether oxygens (including phenoxy) is 2. The first-order valence-corrected chi connectivity index (χ1v) is 9.30.